The lowest BCUT2D eigenvalue weighted by Crippen LogP contribution is -2.45. The molecular weight excluding hydrogens is 230 g/mol. The van der Waals surface area contributed by atoms with Crippen LogP contribution in [0.1, 0.15) is 19.3 Å². The van der Waals surface area contributed by atoms with Gasteiger partial charge in [-0.25, -0.2) is 8.42 Å². The Morgan fingerprint density at radius 1 is 1.31 bits per heavy atom. The van der Waals surface area contributed by atoms with E-state index in [1.807, 2.05) is 4.90 Å². The van der Waals surface area contributed by atoms with Crippen molar-refractivity contribution in [2.24, 2.45) is 5.92 Å². The zero-order valence-electron chi connectivity index (χ0n) is 9.13. The zero-order valence-corrected chi connectivity index (χ0v) is 9.95. The van der Waals surface area contributed by atoms with Crippen molar-refractivity contribution in [3.63, 3.8) is 0 Å². The molecule has 2 aliphatic heterocycles. The number of sulfone groups is 1. The summed E-state index contributed by atoms with van der Waals surface area (Å²) in [6, 6.07) is 0.0483. The lowest BCUT2D eigenvalue weighted by molar-refractivity contribution is -0.143. The van der Waals surface area contributed by atoms with Gasteiger partial charge in [0.15, 0.2) is 9.84 Å². The Morgan fingerprint density at radius 3 is 2.62 bits per heavy atom. The van der Waals surface area contributed by atoms with Gasteiger partial charge in [-0.05, 0) is 25.8 Å². The largest absolute Gasteiger partial charge is 0.481 e. The van der Waals surface area contributed by atoms with Gasteiger partial charge < -0.3 is 5.11 Å². The molecule has 0 amide bonds. The maximum Gasteiger partial charge on any atom is 0.307 e. The molecule has 5 nitrogen and oxygen atoms in total. The molecule has 0 aromatic carbocycles. The number of piperidine rings is 1. The number of hydrogen-bond acceptors (Lipinski definition) is 4. The van der Waals surface area contributed by atoms with Gasteiger partial charge in [-0.1, -0.05) is 0 Å². The Bertz CT molecular complexity index is 378. The van der Waals surface area contributed by atoms with Crippen molar-refractivity contribution in [2.75, 3.05) is 24.6 Å². The number of carboxylic acid groups (broad SMARTS) is 1. The minimum absolute atomic E-state index is 0.0483. The van der Waals surface area contributed by atoms with Gasteiger partial charge in [0.25, 0.3) is 0 Å². The Balaban J connectivity index is 1.98. The van der Waals surface area contributed by atoms with Crippen molar-refractivity contribution in [3.05, 3.63) is 0 Å². The predicted octanol–water partition coefficient (Wildman–Crippen LogP) is -0.0299. The second kappa shape index (κ2) is 4.33. The molecule has 1 N–H and O–H groups in total. The summed E-state index contributed by atoms with van der Waals surface area (Å²) in [5.41, 5.74) is 0. The molecule has 0 bridgehead atoms. The number of hydrogen-bond donors (Lipinski definition) is 1. The lowest BCUT2D eigenvalue weighted by Gasteiger charge is -2.34. The van der Waals surface area contributed by atoms with Gasteiger partial charge >= 0.3 is 5.97 Å². The molecule has 2 heterocycles. The first kappa shape index (κ1) is 11.9. The minimum atomic E-state index is -2.87. The summed E-state index contributed by atoms with van der Waals surface area (Å²) in [6.07, 6.45) is 2.23. The number of rotatable bonds is 2. The molecule has 6 heteroatoms. The van der Waals surface area contributed by atoms with Gasteiger partial charge in [0.05, 0.1) is 17.4 Å². The summed E-state index contributed by atoms with van der Waals surface area (Å²) in [6.45, 7) is 1.35. The molecule has 2 rings (SSSR count). The van der Waals surface area contributed by atoms with Crippen LogP contribution < -0.4 is 0 Å². The van der Waals surface area contributed by atoms with Crippen molar-refractivity contribution >= 4 is 15.8 Å². The molecule has 2 aliphatic rings. The van der Waals surface area contributed by atoms with E-state index in [1.54, 1.807) is 0 Å². The van der Waals surface area contributed by atoms with Crippen LogP contribution in [-0.4, -0.2) is 55.0 Å². The molecule has 0 spiro atoms. The van der Waals surface area contributed by atoms with Gasteiger partial charge in [-0.2, -0.15) is 0 Å². The zero-order chi connectivity index (χ0) is 11.8. The molecule has 0 aromatic rings. The first-order chi connectivity index (χ1) is 7.48. The fourth-order valence-electron chi connectivity index (χ4n) is 2.60. The van der Waals surface area contributed by atoms with Gasteiger partial charge in [0.1, 0.15) is 0 Å². The summed E-state index contributed by atoms with van der Waals surface area (Å²) in [5, 5.41) is 8.96. The van der Waals surface area contributed by atoms with Crippen LogP contribution in [0.25, 0.3) is 0 Å². The SMILES string of the molecule is O=C(O)[C@H]1CCCN([C@H]2CCS(=O)(=O)C2)C1. The van der Waals surface area contributed by atoms with Crippen LogP contribution in [0.5, 0.6) is 0 Å². The van der Waals surface area contributed by atoms with Crippen LogP contribution in [0.4, 0.5) is 0 Å². The topological polar surface area (TPSA) is 74.7 Å². The lowest BCUT2D eigenvalue weighted by atomic mass is 9.97. The van der Waals surface area contributed by atoms with E-state index in [4.69, 9.17) is 5.11 Å². The Kier molecular flexibility index (Phi) is 3.21. The Labute approximate surface area is 95.4 Å². The molecule has 2 atom stereocenters. The average Bonchev–Trinajstić information content (AvgIpc) is 2.59. The van der Waals surface area contributed by atoms with Crippen LogP contribution in [-0.2, 0) is 14.6 Å². The third kappa shape index (κ3) is 2.55. The second-order valence-electron chi connectivity index (χ2n) is 4.73. The molecule has 92 valence electrons. The van der Waals surface area contributed by atoms with Crippen molar-refractivity contribution in [1.82, 2.24) is 4.90 Å². The third-order valence-electron chi connectivity index (χ3n) is 3.53. The van der Waals surface area contributed by atoms with Gasteiger partial charge in [0, 0.05) is 12.6 Å². The molecule has 0 radical (unpaired) electrons. The first-order valence-corrected chi connectivity index (χ1v) is 7.47. The monoisotopic (exact) mass is 247 g/mol. The van der Waals surface area contributed by atoms with Crippen LogP contribution in [0, 0.1) is 5.92 Å². The number of aliphatic carboxylic acids is 1. The Morgan fingerprint density at radius 2 is 2.06 bits per heavy atom. The molecule has 0 aromatic heterocycles. The van der Waals surface area contributed by atoms with Crippen LogP contribution in [0.2, 0.25) is 0 Å². The second-order valence-corrected chi connectivity index (χ2v) is 6.96. The van der Waals surface area contributed by atoms with Crippen molar-refractivity contribution in [1.29, 1.82) is 0 Å². The predicted molar refractivity (Wildman–Crippen MR) is 59.0 cm³/mol. The van der Waals surface area contributed by atoms with Crippen LogP contribution in [0.3, 0.4) is 0 Å². The highest BCUT2D eigenvalue weighted by Gasteiger charge is 2.35. The highest BCUT2D eigenvalue weighted by Crippen LogP contribution is 2.24. The van der Waals surface area contributed by atoms with Gasteiger partial charge in [0.2, 0.25) is 0 Å². The molecule has 0 aliphatic carbocycles. The van der Waals surface area contributed by atoms with Crippen molar-refractivity contribution < 1.29 is 18.3 Å². The number of likely N-dealkylation sites (tertiary alicyclic amines) is 1. The van der Waals surface area contributed by atoms with Crippen LogP contribution >= 0.6 is 0 Å². The smallest absolute Gasteiger partial charge is 0.307 e. The highest BCUT2D eigenvalue weighted by molar-refractivity contribution is 7.91. The van der Waals surface area contributed by atoms with Gasteiger partial charge in [-0.3, -0.25) is 9.69 Å². The summed E-state index contributed by atoms with van der Waals surface area (Å²) in [4.78, 5) is 12.9. The average molecular weight is 247 g/mol. The van der Waals surface area contributed by atoms with E-state index >= 15 is 0 Å². The number of nitrogens with zero attached hydrogens (tertiary/aromatic N) is 1. The fraction of sp³-hybridized carbons (Fsp3) is 0.900. The molecule has 0 saturated carbocycles. The van der Waals surface area contributed by atoms with E-state index in [1.165, 1.54) is 0 Å². The molecule has 0 unspecified atom stereocenters. The van der Waals surface area contributed by atoms with E-state index in [0.29, 0.717) is 19.4 Å². The van der Waals surface area contributed by atoms with E-state index in [9.17, 15) is 13.2 Å². The fourth-order valence-corrected chi connectivity index (χ4v) is 4.36. The third-order valence-corrected chi connectivity index (χ3v) is 5.28. The maximum absolute atomic E-state index is 11.4. The van der Waals surface area contributed by atoms with Crippen molar-refractivity contribution in [3.8, 4) is 0 Å². The Hall–Kier alpha value is -0.620. The molecule has 2 saturated heterocycles. The highest BCUT2D eigenvalue weighted by atomic mass is 32.2. The van der Waals surface area contributed by atoms with Crippen molar-refractivity contribution in [2.45, 2.75) is 25.3 Å². The van der Waals surface area contributed by atoms with E-state index in [2.05, 4.69) is 0 Å². The van der Waals surface area contributed by atoms with E-state index < -0.39 is 15.8 Å². The first-order valence-electron chi connectivity index (χ1n) is 5.65. The van der Waals surface area contributed by atoms with E-state index in [-0.39, 0.29) is 23.5 Å². The number of carboxylic acids is 1. The normalized spacial score (nSPS) is 35.0. The minimum Gasteiger partial charge on any atom is -0.481 e. The van der Waals surface area contributed by atoms with E-state index in [0.717, 1.165) is 13.0 Å². The van der Waals surface area contributed by atoms with Crippen LogP contribution in [0.15, 0.2) is 0 Å². The standard InChI is InChI=1S/C10H17NO4S/c12-10(13)8-2-1-4-11(6-8)9-3-5-16(14,15)7-9/h8-9H,1-7H2,(H,12,13)/t8-,9-/m0/s1. The number of carbonyl (C=O) groups is 1. The summed E-state index contributed by atoms with van der Waals surface area (Å²) in [7, 11) is -2.87. The maximum atomic E-state index is 11.4. The summed E-state index contributed by atoms with van der Waals surface area (Å²) >= 11 is 0. The quantitative estimate of drug-likeness (QED) is 0.741. The summed E-state index contributed by atoms with van der Waals surface area (Å²) < 4.78 is 22.7. The molecule has 2 fully saturated rings. The summed E-state index contributed by atoms with van der Waals surface area (Å²) in [5.74, 6) is -0.617. The van der Waals surface area contributed by atoms with Gasteiger partial charge in [-0.15, -0.1) is 0 Å². The molecular formula is C10H17NO4S. The molecule has 16 heavy (non-hydrogen) atoms.